The van der Waals surface area contributed by atoms with Gasteiger partial charge in [-0.1, -0.05) is 6.07 Å². The van der Waals surface area contributed by atoms with E-state index >= 15 is 0 Å². The van der Waals surface area contributed by atoms with Crippen molar-refractivity contribution in [3.05, 3.63) is 22.4 Å². The smallest absolute Gasteiger partial charge is 0.261 e. The molecule has 0 spiro atoms. The summed E-state index contributed by atoms with van der Waals surface area (Å²) in [5, 5.41) is 6.73. The van der Waals surface area contributed by atoms with Gasteiger partial charge in [-0.05, 0) is 11.4 Å². The van der Waals surface area contributed by atoms with E-state index in [1.54, 1.807) is 17.5 Å². The predicted molar refractivity (Wildman–Crippen MR) is 63.5 cm³/mol. The number of nitrogens with two attached hydrogens (primary N) is 1. The van der Waals surface area contributed by atoms with Crippen molar-refractivity contribution in [2.24, 2.45) is 5.73 Å². The Labute approximate surface area is 102 Å². The van der Waals surface area contributed by atoms with E-state index in [-0.39, 0.29) is 31.3 Å². The van der Waals surface area contributed by atoms with Crippen LogP contribution in [0.2, 0.25) is 0 Å². The molecule has 1 aromatic heterocycles. The van der Waals surface area contributed by atoms with E-state index in [4.69, 9.17) is 5.73 Å². The van der Waals surface area contributed by atoms with E-state index in [9.17, 15) is 14.4 Å². The van der Waals surface area contributed by atoms with Crippen LogP contribution in [0.25, 0.3) is 0 Å². The maximum absolute atomic E-state index is 11.4. The monoisotopic (exact) mass is 255 g/mol. The quantitative estimate of drug-likeness (QED) is 0.636. The largest absolute Gasteiger partial charge is 0.368 e. The summed E-state index contributed by atoms with van der Waals surface area (Å²) in [5.41, 5.74) is 4.86. The van der Waals surface area contributed by atoms with Crippen molar-refractivity contribution in [3.63, 3.8) is 0 Å². The van der Waals surface area contributed by atoms with Gasteiger partial charge in [0, 0.05) is 13.0 Å². The molecule has 0 radical (unpaired) electrons. The van der Waals surface area contributed by atoms with Crippen LogP contribution in [-0.2, 0) is 9.59 Å². The van der Waals surface area contributed by atoms with Crippen LogP contribution >= 0.6 is 11.3 Å². The minimum atomic E-state index is -0.596. The molecule has 1 aromatic rings. The molecule has 1 rings (SSSR count). The highest BCUT2D eigenvalue weighted by Crippen LogP contribution is 2.07. The normalized spacial score (nSPS) is 9.65. The highest BCUT2D eigenvalue weighted by molar-refractivity contribution is 7.12. The van der Waals surface area contributed by atoms with Crippen molar-refractivity contribution in [1.29, 1.82) is 0 Å². The lowest BCUT2D eigenvalue weighted by atomic mass is 10.3. The van der Waals surface area contributed by atoms with Gasteiger partial charge in [-0.3, -0.25) is 14.4 Å². The van der Waals surface area contributed by atoms with E-state index in [0.717, 1.165) is 0 Å². The third-order valence-corrected chi connectivity index (χ3v) is 2.71. The number of carbonyl (C=O) groups is 3. The first-order chi connectivity index (χ1) is 8.09. The van der Waals surface area contributed by atoms with Crippen molar-refractivity contribution >= 4 is 29.1 Å². The van der Waals surface area contributed by atoms with Crippen molar-refractivity contribution in [2.45, 2.75) is 6.42 Å². The first-order valence-corrected chi connectivity index (χ1v) is 5.84. The van der Waals surface area contributed by atoms with Gasteiger partial charge in [0.25, 0.3) is 5.91 Å². The molecule has 0 aromatic carbocycles. The molecule has 0 fully saturated rings. The second-order valence-electron chi connectivity index (χ2n) is 3.23. The molecule has 92 valence electrons. The Hall–Kier alpha value is -1.89. The number of hydrogen-bond donors (Lipinski definition) is 3. The molecule has 1 heterocycles. The zero-order chi connectivity index (χ0) is 12.7. The van der Waals surface area contributed by atoms with Crippen LogP contribution in [0.4, 0.5) is 0 Å². The third-order valence-electron chi connectivity index (χ3n) is 1.84. The van der Waals surface area contributed by atoms with Crippen LogP contribution < -0.4 is 16.4 Å². The number of rotatable bonds is 6. The van der Waals surface area contributed by atoms with Crippen LogP contribution in [0.5, 0.6) is 0 Å². The van der Waals surface area contributed by atoms with Crippen LogP contribution in [0, 0.1) is 0 Å². The van der Waals surface area contributed by atoms with Crippen molar-refractivity contribution in [2.75, 3.05) is 13.1 Å². The summed E-state index contributed by atoms with van der Waals surface area (Å²) in [5.74, 6) is -1.13. The first-order valence-electron chi connectivity index (χ1n) is 4.96. The van der Waals surface area contributed by atoms with Crippen LogP contribution in [0.15, 0.2) is 17.5 Å². The molecule has 0 aliphatic heterocycles. The summed E-state index contributed by atoms with van der Waals surface area (Å²) in [6, 6.07) is 3.48. The highest BCUT2D eigenvalue weighted by atomic mass is 32.1. The van der Waals surface area contributed by atoms with Crippen molar-refractivity contribution in [3.8, 4) is 0 Å². The van der Waals surface area contributed by atoms with E-state index < -0.39 is 5.91 Å². The second kappa shape index (κ2) is 6.64. The van der Waals surface area contributed by atoms with Gasteiger partial charge in [0.2, 0.25) is 11.8 Å². The fourth-order valence-electron chi connectivity index (χ4n) is 1.06. The maximum atomic E-state index is 11.4. The first kappa shape index (κ1) is 13.2. The number of hydrogen-bond acceptors (Lipinski definition) is 4. The molecule has 0 aliphatic carbocycles. The summed E-state index contributed by atoms with van der Waals surface area (Å²) in [7, 11) is 0. The molecular formula is C10H13N3O3S. The van der Waals surface area contributed by atoms with Gasteiger partial charge in [-0.25, -0.2) is 0 Å². The summed E-state index contributed by atoms with van der Waals surface area (Å²) >= 11 is 1.33. The topological polar surface area (TPSA) is 101 Å². The Bertz CT molecular complexity index is 403. The van der Waals surface area contributed by atoms with Crippen molar-refractivity contribution < 1.29 is 14.4 Å². The molecule has 0 saturated carbocycles. The molecule has 0 bridgehead atoms. The number of primary amides is 1. The Morgan fingerprint density at radius 1 is 1.29 bits per heavy atom. The molecular weight excluding hydrogens is 242 g/mol. The summed E-state index contributed by atoms with van der Waals surface area (Å²) < 4.78 is 0. The highest BCUT2D eigenvalue weighted by Gasteiger charge is 2.07. The van der Waals surface area contributed by atoms with E-state index in [1.807, 2.05) is 0 Å². The zero-order valence-electron chi connectivity index (χ0n) is 9.06. The van der Waals surface area contributed by atoms with Gasteiger partial charge in [0.05, 0.1) is 11.4 Å². The Morgan fingerprint density at radius 3 is 2.65 bits per heavy atom. The number of thiophene rings is 1. The summed E-state index contributed by atoms with van der Waals surface area (Å²) in [6.45, 7) is 0.0407. The number of amides is 3. The van der Waals surface area contributed by atoms with Crippen molar-refractivity contribution in [1.82, 2.24) is 10.6 Å². The van der Waals surface area contributed by atoms with E-state index in [2.05, 4.69) is 10.6 Å². The van der Waals surface area contributed by atoms with E-state index in [0.29, 0.717) is 4.88 Å². The van der Waals surface area contributed by atoms with Crippen LogP contribution in [0.1, 0.15) is 16.1 Å². The lowest BCUT2D eigenvalue weighted by Crippen LogP contribution is -2.35. The molecule has 3 amide bonds. The summed E-state index contributed by atoms with van der Waals surface area (Å²) in [6.07, 6.45) is 0.115. The number of nitrogens with one attached hydrogen (secondary N) is 2. The Kier molecular flexibility index (Phi) is 5.15. The lowest BCUT2D eigenvalue weighted by Gasteiger charge is -2.04. The maximum Gasteiger partial charge on any atom is 0.261 e. The molecule has 7 heteroatoms. The molecule has 0 aliphatic rings. The predicted octanol–water partition coefficient (Wildman–Crippen LogP) is -0.531. The van der Waals surface area contributed by atoms with Gasteiger partial charge in [-0.15, -0.1) is 11.3 Å². The number of carbonyl (C=O) groups excluding carboxylic acids is 3. The zero-order valence-corrected chi connectivity index (χ0v) is 9.88. The minimum absolute atomic E-state index is 0.115. The molecule has 0 saturated heterocycles. The lowest BCUT2D eigenvalue weighted by molar-refractivity contribution is -0.124. The summed E-state index contributed by atoms with van der Waals surface area (Å²) in [4.78, 5) is 33.6. The fraction of sp³-hybridized carbons (Fsp3) is 0.300. The second-order valence-corrected chi connectivity index (χ2v) is 4.17. The molecule has 4 N–H and O–H groups in total. The van der Waals surface area contributed by atoms with Gasteiger partial charge < -0.3 is 16.4 Å². The standard InChI is InChI=1S/C10H13N3O3S/c11-8(14)6-13-9(15)3-4-12-10(16)7-2-1-5-17-7/h1-2,5H,3-4,6H2,(H2,11,14)(H,12,16)(H,13,15). The third kappa shape index (κ3) is 5.12. The van der Waals surface area contributed by atoms with Crippen LogP contribution in [-0.4, -0.2) is 30.8 Å². The average molecular weight is 255 g/mol. The average Bonchev–Trinajstić information content (AvgIpc) is 2.79. The molecule has 0 atom stereocenters. The van der Waals surface area contributed by atoms with Crippen LogP contribution in [0.3, 0.4) is 0 Å². The molecule has 6 nitrogen and oxygen atoms in total. The Balaban J connectivity index is 2.17. The van der Waals surface area contributed by atoms with Gasteiger partial charge in [-0.2, -0.15) is 0 Å². The molecule has 0 unspecified atom stereocenters. The minimum Gasteiger partial charge on any atom is -0.368 e. The van der Waals surface area contributed by atoms with E-state index in [1.165, 1.54) is 11.3 Å². The fourth-order valence-corrected chi connectivity index (χ4v) is 1.70. The van der Waals surface area contributed by atoms with Gasteiger partial charge in [0.1, 0.15) is 0 Å². The molecule has 17 heavy (non-hydrogen) atoms. The van der Waals surface area contributed by atoms with Gasteiger partial charge in [0.15, 0.2) is 0 Å². The van der Waals surface area contributed by atoms with Gasteiger partial charge >= 0.3 is 0 Å². The SMILES string of the molecule is NC(=O)CNC(=O)CCNC(=O)c1cccs1. The Morgan fingerprint density at radius 2 is 2.06 bits per heavy atom.